The van der Waals surface area contributed by atoms with E-state index in [1.165, 1.54) is 18.2 Å². The van der Waals surface area contributed by atoms with Gasteiger partial charge in [0.1, 0.15) is 5.75 Å². The zero-order chi connectivity index (χ0) is 15.5. The van der Waals surface area contributed by atoms with E-state index in [1.54, 1.807) is 0 Å². The Labute approximate surface area is 118 Å². The number of carboxylic acid groups (broad SMARTS) is 1. The summed E-state index contributed by atoms with van der Waals surface area (Å²) in [5.74, 6) is -4.54. The summed E-state index contributed by atoms with van der Waals surface area (Å²) >= 11 is 5.75. The number of benzene rings is 1. The van der Waals surface area contributed by atoms with E-state index in [-0.39, 0.29) is 5.75 Å². The van der Waals surface area contributed by atoms with Gasteiger partial charge in [-0.1, -0.05) is 11.6 Å². The zero-order valence-corrected chi connectivity index (χ0v) is 11.4. The molecule has 1 atom stereocenters. The molecule has 1 heterocycles. The summed E-state index contributed by atoms with van der Waals surface area (Å²) in [7, 11) is 0.500. The van der Waals surface area contributed by atoms with Crippen LogP contribution in [0.1, 0.15) is 12.5 Å². The van der Waals surface area contributed by atoms with Crippen molar-refractivity contribution < 1.29 is 27.8 Å². The van der Waals surface area contributed by atoms with Crippen LogP contribution in [0.2, 0.25) is 5.02 Å². The van der Waals surface area contributed by atoms with Gasteiger partial charge < -0.3 is 9.84 Å². The van der Waals surface area contributed by atoms with Gasteiger partial charge in [-0.3, -0.25) is 4.39 Å². The van der Waals surface area contributed by atoms with Gasteiger partial charge in [0.25, 0.3) is 5.92 Å². The van der Waals surface area contributed by atoms with Crippen molar-refractivity contribution in [3.63, 3.8) is 0 Å². The van der Waals surface area contributed by atoms with E-state index in [1.807, 2.05) is 0 Å². The highest BCUT2D eigenvalue weighted by molar-refractivity contribution is 6.30. The fourth-order valence-corrected chi connectivity index (χ4v) is 1.90. The second kappa shape index (κ2) is 6.17. The molecule has 20 heavy (non-hydrogen) atoms. The van der Waals surface area contributed by atoms with Gasteiger partial charge in [-0.15, -0.1) is 0 Å². The van der Waals surface area contributed by atoms with Crippen LogP contribution in [-0.4, -0.2) is 30.3 Å². The van der Waals surface area contributed by atoms with Crippen LogP contribution >= 0.6 is 11.6 Å². The molecule has 0 radical (unpaired) electrons. The van der Waals surface area contributed by atoms with Crippen molar-refractivity contribution in [1.82, 2.24) is 0 Å². The normalized spacial score (nSPS) is 17.1. The summed E-state index contributed by atoms with van der Waals surface area (Å²) in [5.41, 5.74) is -0.113. The molecule has 7 heteroatoms. The molecule has 0 spiro atoms. The average molecular weight is 309 g/mol. The van der Waals surface area contributed by atoms with Crippen LogP contribution in [0.25, 0.3) is 6.08 Å². The highest BCUT2D eigenvalue weighted by Gasteiger charge is 2.43. The molecule has 0 saturated carbocycles. The lowest BCUT2D eigenvalue weighted by molar-refractivity contribution is -0.137. The highest BCUT2D eigenvalue weighted by atomic mass is 35.5. The molecule has 0 aliphatic carbocycles. The number of aliphatic carboxylic acids is 1. The standard InChI is InChI=1S/C12H9ClF2O3.CH3F/c1-12(14,15)10-8(11(16)17)5-6-4-7(13)2-3-9(6)18-10;1-2/h2-5,10H,1H3,(H,16,17);1H3. The van der Waals surface area contributed by atoms with Gasteiger partial charge in [-0.2, -0.15) is 0 Å². The smallest absolute Gasteiger partial charge is 0.335 e. The largest absolute Gasteiger partial charge is 0.478 e. The SMILES string of the molecule is CC(F)(F)C1Oc2ccc(Cl)cc2C=C1C(=O)O.CF. The molecule has 0 bridgehead atoms. The number of carboxylic acids is 1. The molecule has 1 aliphatic rings. The van der Waals surface area contributed by atoms with Crippen LogP contribution in [0, 0.1) is 0 Å². The quantitative estimate of drug-likeness (QED) is 0.903. The summed E-state index contributed by atoms with van der Waals surface area (Å²) in [6.07, 6.45) is -0.640. The van der Waals surface area contributed by atoms with Crippen LogP contribution in [0.3, 0.4) is 0 Å². The first-order valence-corrected chi connectivity index (χ1v) is 5.83. The molecule has 3 nitrogen and oxygen atoms in total. The second-order valence-corrected chi connectivity index (χ2v) is 4.48. The van der Waals surface area contributed by atoms with Crippen molar-refractivity contribution in [3.8, 4) is 5.75 Å². The summed E-state index contributed by atoms with van der Waals surface area (Å²) < 4.78 is 41.2. The Morgan fingerprint density at radius 2 is 2.00 bits per heavy atom. The Kier molecular flexibility index (Phi) is 5.05. The van der Waals surface area contributed by atoms with E-state index in [2.05, 4.69) is 0 Å². The minimum absolute atomic E-state index is 0.191. The van der Waals surface area contributed by atoms with Crippen molar-refractivity contribution in [3.05, 3.63) is 34.4 Å². The van der Waals surface area contributed by atoms with Gasteiger partial charge in [0.05, 0.1) is 12.8 Å². The lowest BCUT2D eigenvalue weighted by Gasteiger charge is -2.29. The first kappa shape index (κ1) is 16.4. The summed E-state index contributed by atoms with van der Waals surface area (Å²) in [5, 5.41) is 9.33. The van der Waals surface area contributed by atoms with Gasteiger partial charge in [-0.05, 0) is 24.3 Å². The Morgan fingerprint density at radius 1 is 1.40 bits per heavy atom. The van der Waals surface area contributed by atoms with Crippen molar-refractivity contribution >= 4 is 23.6 Å². The molecular weight excluding hydrogens is 297 g/mol. The fourth-order valence-electron chi connectivity index (χ4n) is 1.72. The maximum atomic E-state index is 13.3. The molecule has 1 aromatic rings. The third-order valence-electron chi connectivity index (χ3n) is 2.52. The first-order chi connectivity index (χ1) is 9.29. The maximum Gasteiger partial charge on any atom is 0.335 e. The van der Waals surface area contributed by atoms with Crippen molar-refractivity contribution in [2.24, 2.45) is 0 Å². The van der Waals surface area contributed by atoms with E-state index in [9.17, 15) is 18.0 Å². The maximum absolute atomic E-state index is 13.3. The van der Waals surface area contributed by atoms with Gasteiger partial charge in [-0.25, -0.2) is 13.6 Å². The third kappa shape index (κ3) is 3.45. The highest BCUT2D eigenvalue weighted by Crippen LogP contribution is 2.37. The molecular formula is C13H12ClF3O3. The lowest BCUT2D eigenvalue weighted by atomic mass is 9.98. The summed E-state index contributed by atoms with van der Waals surface area (Å²) in [6, 6.07) is 4.39. The molecule has 0 aromatic heterocycles. The molecule has 1 unspecified atom stereocenters. The second-order valence-electron chi connectivity index (χ2n) is 4.04. The monoisotopic (exact) mass is 308 g/mol. The lowest BCUT2D eigenvalue weighted by Crippen LogP contribution is -2.41. The molecule has 0 amide bonds. The predicted molar refractivity (Wildman–Crippen MR) is 69.1 cm³/mol. The number of fused-ring (bicyclic) bond motifs is 1. The van der Waals surface area contributed by atoms with Crippen molar-refractivity contribution in [2.75, 3.05) is 7.18 Å². The summed E-state index contributed by atoms with van der Waals surface area (Å²) in [6.45, 7) is 0.620. The van der Waals surface area contributed by atoms with Crippen molar-refractivity contribution in [1.29, 1.82) is 0 Å². The molecule has 1 N–H and O–H groups in total. The molecule has 2 rings (SSSR count). The molecule has 0 saturated heterocycles. The van der Waals surface area contributed by atoms with Crippen molar-refractivity contribution in [2.45, 2.75) is 19.0 Å². The van der Waals surface area contributed by atoms with E-state index < -0.39 is 23.6 Å². The van der Waals surface area contributed by atoms with Gasteiger partial charge in [0.15, 0.2) is 6.10 Å². The number of ether oxygens (including phenoxy) is 1. The number of carbonyl (C=O) groups is 1. The Bertz CT molecular complexity index is 538. The van der Waals surface area contributed by atoms with Crippen LogP contribution in [0.5, 0.6) is 5.75 Å². The predicted octanol–water partition coefficient (Wildman–Crippen LogP) is 3.81. The summed E-state index contributed by atoms with van der Waals surface area (Å²) in [4.78, 5) is 11.0. The minimum atomic E-state index is -3.29. The third-order valence-corrected chi connectivity index (χ3v) is 2.75. The fraction of sp³-hybridized carbons (Fsp3) is 0.308. The number of hydrogen-bond donors (Lipinski definition) is 1. The molecule has 110 valence electrons. The number of hydrogen-bond acceptors (Lipinski definition) is 2. The molecule has 1 aliphatic heterocycles. The number of alkyl halides is 3. The van der Waals surface area contributed by atoms with Gasteiger partial charge in [0.2, 0.25) is 0 Å². The van der Waals surface area contributed by atoms with Gasteiger partial charge in [0, 0.05) is 17.5 Å². The first-order valence-electron chi connectivity index (χ1n) is 5.46. The zero-order valence-electron chi connectivity index (χ0n) is 10.7. The van der Waals surface area contributed by atoms with Gasteiger partial charge >= 0.3 is 5.97 Å². The Balaban J connectivity index is 0.000000956. The molecule has 0 fully saturated rings. The van der Waals surface area contributed by atoms with E-state index >= 15 is 0 Å². The van der Waals surface area contributed by atoms with Crippen LogP contribution in [0.4, 0.5) is 13.2 Å². The Morgan fingerprint density at radius 3 is 2.50 bits per heavy atom. The number of rotatable bonds is 2. The van der Waals surface area contributed by atoms with E-state index in [0.717, 1.165) is 6.08 Å². The Hall–Kier alpha value is -1.69. The van der Waals surface area contributed by atoms with Crippen LogP contribution in [-0.2, 0) is 4.79 Å². The van der Waals surface area contributed by atoms with Crippen LogP contribution in [0.15, 0.2) is 23.8 Å². The minimum Gasteiger partial charge on any atom is -0.478 e. The molecule has 1 aromatic carbocycles. The average Bonchev–Trinajstić information content (AvgIpc) is 2.38. The number of halogens is 4. The van der Waals surface area contributed by atoms with Crippen LogP contribution < -0.4 is 4.74 Å². The topological polar surface area (TPSA) is 46.5 Å². The van der Waals surface area contributed by atoms with E-state index in [4.69, 9.17) is 21.4 Å². The van der Waals surface area contributed by atoms with E-state index in [0.29, 0.717) is 24.7 Å².